The Bertz CT molecular complexity index is 760. The molecule has 4 nitrogen and oxygen atoms in total. The molecule has 0 radical (unpaired) electrons. The van der Waals surface area contributed by atoms with E-state index < -0.39 is 6.10 Å². The number of aliphatic hydroxyl groups excluding tert-OH is 1. The molecule has 1 amide bonds. The van der Waals surface area contributed by atoms with E-state index in [1.54, 1.807) is 12.1 Å². The third-order valence-corrected chi connectivity index (χ3v) is 3.63. The van der Waals surface area contributed by atoms with Gasteiger partial charge in [-0.25, -0.2) is 0 Å². The van der Waals surface area contributed by atoms with Crippen LogP contribution in [-0.2, 0) is 0 Å². The summed E-state index contributed by atoms with van der Waals surface area (Å²) in [5.41, 5.74) is 0.880. The van der Waals surface area contributed by atoms with E-state index in [0.717, 1.165) is 16.3 Å². The van der Waals surface area contributed by atoms with Gasteiger partial charge in [0.1, 0.15) is 0 Å². The number of nitrogens with one attached hydrogen (secondary N) is 1. The van der Waals surface area contributed by atoms with Crippen LogP contribution in [0, 0.1) is 0 Å². The summed E-state index contributed by atoms with van der Waals surface area (Å²) in [6.07, 6.45) is 1.28. The van der Waals surface area contributed by atoms with E-state index in [-0.39, 0.29) is 11.7 Å². The van der Waals surface area contributed by atoms with Crippen LogP contribution >= 0.6 is 0 Å². The van der Waals surface area contributed by atoms with Crippen molar-refractivity contribution in [3.05, 3.63) is 72.2 Å². The molecule has 1 unspecified atom stereocenters. The number of benzene rings is 2. The van der Waals surface area contributed by atoms with Crippen LogP contribution in [0.25, 0.3) is 10.8 Å². The zero-order valence-electron chi connectivity index (χ0n) is 12.0. The average Bonchev–Trinajstić information content (AvgIpc) is 3.08. The molecule has 0 saturated heterocycles. The summed E-state index contributed by atoms with van der Waals surface area (Å²) in [7, 11) is 0. The summed E-state index contributed by atoms with van der Waals surface area (Å²) < 4.78 is 5.02. The summed E-state index contributed by atoms with van der Waals surface area (Å²) in [4.78, 5) is 11.7. The van der Waals surface area contributed by atoms with Gasteiger partial charge in [-0.3, -0.25) is 4.79 Å². The lowest BCUT2D eigenvalue weighted by molar-refractivity contribution is 0.0915. The van der Waals surface area contributed by atoms with Gasteiger partial charge in [0.15, 0.2) is 5.76 Å². The van der Waals surface area contributed by atoms with Crippen LogP contribution < -0.4 is 5.32 Å². The first-order valence-electron chi connectivity index (χ1n) is 7.23. The topological polar surface area (TPSA) is 62.5 Å². The average molecular weight is 295 g/mol. The number of aliphatic hydroxyl groups is 1. The quantitative estimate of drug-likeness (QED) is 0.759. The number of hydrogen-bond acceptors (Lipinski definition) is 3. The smallest absolute Gasteiger partial charge is 0.286 e. The lowest BCUT2D eigenvalue weighted by atomic mass is 9.99. The number of rotatable bonds is 5. The summed E-state index contributed by atoms with van der Waals surface area (Å²) in [6.45, 7) is 0.379. The van der Waals surface area contributed by atoms with Crippen LogP contribution in [0.2, 0.25) is 0 Å². The van der Waals surface area contributed by atoms with E-state index in [0.29, 0.717) is 13.0 Å². The minimum Gasteiger partial charge on any atom is -0.459 e. The third-order valence-electron chi connectivity index (χ3n) is 3.63. The Balaban J connectivity index is 1.64. The van der Waals surface area contributed by atoms with E-state index in [4.69, 9.17) is 4.42 Å². The summed E-state index contributed by atoms with van der Waals surface area (Å²) in [5.74, 6) is 0.00905. The van der Waals surface area contributed by atoms with Gasteiger partial charge in [0, 0.05) is 6.54 Å². The molecule has 2 N–H and O–H groups in total. The van der Waals surface area contributed by atoms with Crippen molar-refractivity contribution in [1.82, 2.24) is 5.32 Å². The van der Waals surface area contributed by atoms with Crippen LogP contribution in [0.1, 0.15) is 28.6 Å². The monoisotopic (exact) mass is 295 g/mol. The number of fused-ring (bicyclic) bond motifs is 1. The molecule has 0 aliphatic rings. The second-order valence-corrected chi connectivity index (χ2v) is 5.11. The normalized spacial score (nSPS) is 12.2. The molecule has 0 spiro atoms. The molecule has 3 aromatic rings. The zero-order chi connectivity index (χ0) is 15.4. The molecule has 22 heavy (non-hydrogen) atoms. The molecule has 0 aliphatic carbocycles. The highest BCUT2D eigenvalue weighted by Crippen LogP contribution is 2.25. The van der Waals surface area contributed by atoms with Crippen molar-refractivity contribution in [3.8, 4) is 0 Å². The van der Waals surface area contributed by atoms with E-state index >= 15 is 0 Å². The van der Waals surface area contributed by atoms with Gasteiger partial charge in [0.2, 0.25) is 0 Å². The van der Waals surface area contributed by atoms with Crippen molar-refractivity contribution >= 4 is 16.7 Å². The Kier molecular flexibility index (Phi) is 4.21. The summed E-state index contributed by atoms with van der Waals surface area (Å²) >= 11 is 0. The minimum absolute atomic E-state index is 0.268. The van der Waals surface area contributed by atoms with Crippen LogP contribution in [0.15, 0.2) is 65.3 Å². The van der Waals surface area contributed by atoms with Gasteiger partial charge in [0.25, 0.3) is 5.91 Å². The Hall–Kier alpha value is -2.59. The maximum Gasteiger partial charge on any atom is 0.286 e. The molecule has 1 atom stereocenters. The van der Waals surface area contributed by atoms with Crippen molar-refractivity contribution in [2.75, 3.05) is 6.54 Å². The molecular formula is C18H17NO3. The van der Waals surface area contributed by atoms with Gasteiger partial charge in [-0.05, 0) is 34.9 Å². The fourth-order valence-corrected chi connectivity index (χ4v) is 2.51. The second-order valence-electron chi connectivity index (χ2n) is 5.11. The molecule has 0 fully saturated rings. The summed E-state index contributed by atoms with van der Waals surface area (Å²) in [5, 5.41) is 15.3. The van der Waals surface area contributed by atoms with Gasteiger partial charge in [-0.1, -0.05) is 42.5 Å². The molecule has 2 aromatic carbocycles. The lowest BCUT2D eigenvalue weighted by Crippen LogP contribution is -2.25. The second kappa shape index (κ2) is 6.45. The van der Waals surface area contributed by atoms with Gasteiger partial charge in [-0.2, -0.15) is 0 Å². The molecular weight excluding hydrogens is 278 g/mol. The first-order chi connectivity index (χ1) is 10.8. The highest BCUT2D eigenvalue weighted by molar-refractivity contribution is 5.91. The largest absolute Gasteiger partial charge is 0.459 e. The van der Waals surface area contributed by atoms with Gasteiger partial charge < -0.3 is 14.8 Å². The van der Waals surface area contributed by atoms with Crippen LogP contribution in [0.4, 0.5) is 0 Å². The van der Waals surface area contributed by atoms with Gasteiger partial charge in [0.05, 0.1) is 12.4 Å². The Morgan fingerprint density at radius 1 is 1.09 bits per heavy atom. The molecule has 0 bridgehead atoms. The Morgan fingerprint density at radius 3 is 2.73 bits per heavy atom. The van der Waals surface area contributed by atoms with E-state index in [2.05, 4.69) is 5.32 Å². The molecule has 3 rings (SSSR count). The maximum atomic E-state index is 11.7. The molecule has 4 heteroatoms. The number of furan rings is 1. The summed E-state index contributed by atoms with van der Waals surface area (Å²) in [6, 6.07) is 17.1. The number of amides is 1. The van der Waals surface area contributed by atoms with Crippen molar-refractivity contribution < 1.29 is 14.3 Å². The van der Waals surface area contributed by atoms with Gasteiger partial charge in [-0.15, -0.1) is 0 Å². The first-order valence-corrected chi connectivity index (χ1v) is 7.23. The Morgan fingerprint density at radius 2 is 1.91 bits per heavy atom. The van der Waals surface area contributed by atoms with Crippen LogP contribution in [0.3, 0.4) is 0 Å². The minimum atomic E-state index is -0.622. The van der Waals surface area contributed by atoms with E-state index in [1.165, 1.54) is 6.26 Å². The standard InChI is InChI=1S/C18H17NO3/c20-16(10-11-19-18(21)17-9-4-12-22-17)15-8-3-6-13-5-1-2-7-14(13)15/h1-9,12,16,20H,10-11H2,(H,19,21). The first kappa shape index (κ1) is 14.4. The van der Waals surface area contributed by atoms with Crippen LogP contribution in [-0.4, -0.2) is 17.6 Å². The fraction of sp³-hybridized carbons (Fsp3) is 0.167. The van der Waals surface area contributed by atoms with E-state index in [1.807, 2.05) is 42.5 Å². The lowest BCUT2D eigenvalue weighted by Gasteiger charge is -2.14. The number of hydrogen-bond donors (Lipinski definition) is 2. The Labute approximate surface area is 128 Å². The SMILES string of the molecule is O=C(NCCC(O)c1cccc2ccccc12)c1ccco1. The zero-order valence-corrected chi connectivity index (χ0v) is 12.0. The molecule has 0 aliphatic heterocycles. The number of carbonyl (C=O) groups excluding carboxylic acids is 1. The number of carbonyl (C=O) groups is 1. The molecule has 1 heterocycles. The highest BCUT2D eigenvalue weighted by Gasteiger charge is 2.12. The van der Waals surface area contributed by atoms with Crippen LogP contribution in [0.5, 0.6) is 0 Å². The molecule has 112 valence electrons. The molecule has 1 aromatic heterocycles. The fourth-order valence-electron chi connectivity index (χ4n) is 2.51. The van der Waals surface area contributed by atoms with Gasteiger partial charge >= 0.3 is 0 Å². The van der Waals surface area contributed by atoms with Crippen molar-refractivity contribution in [3.63, 3.8) is 0 Å². The van der Waals surface area contributed by atoms with Crippen molar-refractivity contribution in [2.45, 2.75) is 12.5 Å². The third kappa shape index (κ3) is 3.02. The molecule has 0 saturated carbocycles. The predicted molar refractivity (Wildman–Crippen MR) is 84.6 cm³/mol. The maximum absolute atomic E-state index is 11.7. The van der Waals surface area contributed by atoms with Crippen molar-refractivity contribution in [2.24, 2.45) is 0 Å². The van der Waals surface area contributed by atoms with E-state index in [9.17, 15) is 9.90 Å². The highest BCUT2D eigenvalue weighted by atomic mass is 16.3. The predicted octanol–water partition coefficient (Wildman–Crippen LogP) is 3.29. The van der Waals surface area contributed by atoms with Crippen molar-refractivity contribution in [1.29, 1.82) is 0 Å².